The van der Waals surface area contributed by atoms with Crippen LogP contribution in [0.5, 0.6) is 0 Å². The Kier molecular flexibility index (Phi) is 7.51. The number of rotatable bonds is 6. The van der Waals surface area contributed by atoms with Crippen molar-refractivity contribution < 1.29 is 14.3 Å². The molecule has 0 bridgehead atoms. The number of nitrogens with one attached hydrogen (secondary N) is 1. The Hall–Kier alpha value is -0.360. The topological polar surface area (TPSA) is 55.4 Å². The average Bonchev–Trinajstić information content (AvgIpc) is 2.85. The molecule has 1 amide bonds. The van der Waals surface area contributed by atoms with E-state index in [1.165, 1.54) is 32.1 Å². The van der Waals surface area contributed by atoms with Crippen molar-refractivity contribution in [2.45, 2.75) is 37.4 Å². The van der Waals surface area contributed by atoms with Gasteiger partial charge in [0.1, 0.15) is 0 Å². The molecule has 0 aromatic rings. The molecule has 0 aliphatic carbocycles. The van der Waals surface area contributed by atoms with Crippen LogP contribution in [-0.2, 0) is 14.3 Å². The Balaban J connectivity index is 1.90. The minimum atomic E-state index is -0.815. The summed E-state index contributed by atoms with van der Waals surface area (Å²) in [6.45, 7) is 0.556. The number of methoxy groups -OCH3 is 1. The lowest BCUT2D eigenvalue weighted by Gasteiger charge is -2.07. The standard InChI is InChI=1S/C11H19NO3S2/c1-15-11(14)10(13)12-7-4-2-3-5-9-6-8-16-17-9/h9H,2-8H2,1H3,(H,12,13). The summed E-state index contributed by atoms with van der Waals surface area (Å²) in [4.78, 5) is 21.8. The molecule has 17 heavy (non-hydrogen) atoms. The van der Waals surface area contributed by atoms with Crippen molar-refractivity contribution in [2.75, 3.05) is 19.4 Å². The molecule has 0 aromatic carbocycles. The highest BCUT2D eigenvalue weighted by Crippen LogP contribution is 2.39. The van der Waals surface area contributed by atoms with Gasteiger partial charge in [0, 0.05) is 17.5 Å². The Bertz CT molecular complexity index is 255. The highest BCUT2D eigenvalue weighted by Gasteiger charge is 2.15. The lowest BCUT2D eigenvalue weighted by atomic mass is 10.1. The fraction of sp³-hybridized carbons (Fsp3) is 0.818. The molecule has 0 saturated carbocycles. The predicted molar refractivity (Wildman–Crippen MR) is 71.9 cm³/mol. The van der Waals surface area contributed by atoms with Gasteiger partial charge in [0.25, 0.3) is 0 Å². The van der Waals surface area contributed by atoms with Gasteiger partial charge in [0.2, 0.25) is 0 Å². The van der Waals surface area contributed by atoms with Crippen molar-refractivity contribution >= 4 is 33.5 Å². The van der Waals surface area contributed by atoms with E-state index in [0.717, 1.165) is 18.1 Å². The van der Waals surface area contributed by atoms with E-state index in [0.29, 0.717) is 6.54 Å². The van der Waals surface area contributed by atoms with Crippen LogP contribution in [0.4, 0.5) is 0 Å². The third kappa shape index (κ3) is 6.21. The highest BCUT2D eigenvalue weighted by molar-refractivity contribution is 8.77. The predicted octanol–water partition coefficient (Wildman–Crippen LogP) is 1.99. The number of esters is 1. The van der Waals surface area contributed by atoms with Crippen molar-refractivity contribution in [1.29, 1.82) is 0 Å². The van der Waals surface area contributed by atoms with Gasteiger partial charge >= 0.3 is 11.9 Å². The minimum absolute atomic E-state index is 0.556. The summed E-state index contributed by atoms with van der Waals surface area (Å²) in [6.07, 6.45) is 5.82. The second kappa shape index (κ2) is 8.69. The Morgan fingerprint density at radius 1 is 1.35 bits per heavy atom. The molecule has 98 valence electrons. The first-order valence-electron chi connectivity index (χ1n) is 5.88. The third-order valence-electron chi connectivity index (χ3n) is 2.59. The van der Waals surface area contributed by atoms with Gasteiger partial charge in [-0.3, -0.25) is 4.79 Å². The van der Waals surface area contributed by atoms with Crippen molar-refractivity contribution in [2.24, 2.45) is 0 Å². The van der Waals surface area contributed by atoms with Crippen LogP contribution in [0, 0.1) is 0 Å². The largest absolute Gasteiger partial charge is 0.462 e. The molecule has 0 aromatic heterocycles. The summed E-state index contributed by atoms with van der Waals surface area (Å²) >= 11 is 0. The Labute approximate surface area is 110 Å². The van der Waals surface area contributed by atoms with Gasteiger partial charge in [0.05, 0.1) is 7.11 Å². The van der Waals surface area contributed by atoms with Crippen molar-refractivity contribution in [3.05, 3.63) is 0 Å². The van der Waals surface area contributed by atoms with Crippen LogP contribution >= 0.6 is 21.6 Å². The molecule has 1 heterocycles. The van der Waals surface area contributed by atoms with Crippen molar-refractivity contribution in [3.63, 3.8) is 0 Å². The van der Waals surface area contributed by atoms with Crippen LogP contribution in [0.1, 0.15) is 32.1 Å². The Morgan fingerprint density at radius 3 is 2.82 bits per heavy atom. The molecule has 1 saturated heterocycles. The molecular weight excluding hydrogens is 258 g/mol. The van der Waals surface area contributed by atoms with E-state index >= 15 is 0 Å². The van der Waals surface area contributed by atoms with Crippen molar-refractivity contribution in [1.82, 2.24) is 5.32 Å². The monoisotopic (exact) mass is 277 g/mol. The van der Waals surface area contributed by atoms with Gasteiger partial charge in [-0.15, -0.1) is 0 Å². The van der Waals surface area contributed by atoms with Crippen LogP contribution in [-0.4, -0.2) is 36.5 Å². The quantitative estimate of drug-likeness (QED) is 0.348. The number of unbranched alkanes of at least 4 members (excludes halogenated alkanes) is 2. The SMILES string of the molecule is COC(=O)C(=O)NCCCCCC1CCSS1. The molecule has 1 unspecified atom stereocenters. The molecule has 0 spiro atoms. The van der Waals surface area contributed by atoms with Crippen LogP contribution in [0.25, 0.3) is 0 Å². The summed E-state index contributed by atoms with van der Waals surface area (Å²) in [7, 11) is 5.18. The molecule has 1 N–H and O–H groups in total. The van der Waals surface area contributed by atoms with Gasteiger partial charge in [0.15, 0.2) is 0 Å². The third-order valence-corrected chi connectivity index (χ3v) is 5.59. The molecule has 1 atom stereocenters. The molecule has 1 aliphatic heterocycles. The van der Waals surface area contributed by atoms with E-state index in [1.807, 2.05) is 21.6 Å². The maximum atomic E-state index is 11.0. The van der Waals surface area contributed by atoms with E-state index in [2.05, 4.69) is 10.1 Å². The first-order chi connectivity index (χ1) is 8.24. The van der Waals surface area contributed by atoms with E-state index in [9.17, 15) is 9.59 Å². The van der Waals surface area contributed by atoms with Crippen LogP contribution in [0.3, 0.4) is 0 Å². The number of hydrogen-bond acceptors (Lipinski definition) is 5. The summed E-state index contributed by atoms with van der Waals surface area (Å²) in [6, 6.07) is 0. The number of ether oxygens (including phenoxy) is 1. The van der Waals surface area contributed by atoms with Crippen molar-refractivity contribution in [3.8, 4) is 0 Å². The number of hydrogen-bond donors (Lipinski definition) is 1. The summed E-state index contributed by atoms with van der Waals surface area (Å²) in [5.74, 6) is -0.176. The summed E-state index contributed by atoms with van der Waals surface area (Å²) < 4.78 is 4.30. The lowest BCUT2D eigenvalue weighted by molar-refractivity contribution is -0.152. The minimum Gasteiger partial charge on any atom is -0.462 e. The summed E-state index contributed by atoms with van der Waals surface area (Å²) in [5, 5.41) is 3.36. The van der Waals surface area contributed by atoms with Gasteiger partial charge in [-0.2, -0.15) is 0 Å². The first-order valence-corrected chi connectivity index (χ1v) is 8.26. The molecular formula is C11H19NO3S2. The highest BCUT2D eigenvalue weighted by atomic mass is 33.1. The van der Waals surface area contributed by atoms with E-state index < -0.39 is 11.9 Å². The average molecular weight is 277 g/mol. The van der Waals surface area contributed by atoms with E-state index in [-0.39, 0.29) is 0 Å². The Morgan fingerprint density at radius 2 is 2.18 bits per heavy atom. The zero-order valence-corrected chi connectivity index (χ0v) is 11.7. The van der Waals surface area contributed by atoms with Crippen LogP contribution in [0.2, 0.25) is 0 Å². The maximum Gasteiger partial charge on any atom is 0.396 e. The molecule has 1 aliphatic rings. The van der Waals surface area contributed by atoms with E-state index in [4.69, 9.17) is 0 Å². The second-order valence-corrected chi connectivity index (χ2v) is 6.71. The smallest absolute Gasteiger partial charge is 0.396 e. The fourth-order valence-electron chi connectivity index (χ4n) is 1.61. The normalized spacial score (nSPS) is 19.0. The van der Waals surface area contributed by atoms with E-state index in [1.54, 1.807) is 0 Å². The van der Waals surface area contributed by atoms with Gasteiger partial charge in [-0.05, 0) is 19.3 Å². The van der Waals surface area contributed by atoms with Gasteiger partial charge in [-0.1, -0.05) is 34.4 Å². The molecule has 6 heteroatoms. The maximum absolute atomic E-state index is 11.0. The molecule has 1 rings (SSSR count). The fourth-order valence-corrected chi connectivity index (χ4v) is 4.63. The first kappa shape index (κ1) is 14.7. The van der Waals surface area contributed by atoms with Crippen LogP contribution in [0.15, 0.2) is 0 Å². The lowest BCUT2D eigenvalue weighted by Crippen LogP contribution is -2.32. The van der Waals surface area contributed by atoms with Gasteiger partial charge < -0.3 is 10.1 Å². The zero-order valence-electron chi connectivity index (χ0n) is 10.1. The zero-order chi connectivity index (χ0) is 12.5. The van der Waals surface area contributed by atoms with Crippen LogP contribution < -0.4 is 5.32 Å². The number of carbonyl (C=O) groups excluding carboxylic acids is 2. The number of amides is 1. The summed E-state index contributed by atoms with van der Waals surface area (Å²) in [5.41, 5.74) is 0. The second-order valence-electron chi connectivity index (χ2n) is 3.93. The number of carbonyl (C=O) groups is 2. The molecule has 1 fully saturated rings. The molecule has 4 nitrogen and oxygen atoms in total. The molecule has 0 radical (unpaired) electrons. The van der Waals surface area contributed by atoms with Gasteiger partial charge in [-0.25, -0.2) is 4.79 Å².